The topological polar surface area (TPSA) is 54.3 Å². The van der Waals surface area contributed by atoms with E-state index in [0.29, 0.717) is 5.56 Å². The highest BCUT2D eigenvalue weighted by molar-refractivity contribution is 6.02. The van der Waals surface area contributed by atoms with Crippen molar-refractivity contribution in [2.75, 3.05) is 5.32 Å². The van der Waals surface area contributed by atoms with Crippen LogP contribution in [0.15, 0.2) is 54.6 Å². The van der Waals surface area contributed by atoms with Gasteiger partial charge in [0, 0.05) is 39.9 Å². The Hall–Kier alpha value is -3.34. The Morgan fingerprint density at radius 2 is 1.80 bits per heavy atom. The van der Waals surface area contributed by atoms with Gasteiger partial charge in [0.25, 0.3) is 5.91 Å². The van der Waals surface area contributed by atoms with E-state index in [9.17, 15) is 9.59 Å². The van der Waals surface area contributed by atoms with Crippen LogP contribution < -0.4 is 5.32 Å². The van der Waals surface area contributed by atoms with E-state index in [2.05, 4.69) is 29.8 Å². The summed E-state index contributed by atoms with van der Waals surface area (Å²) in [6, 6.07) is 17.9. The molecule has 2 aromatic carbocycles. The van der Waals surface area contributed by atoms with Gasteiger partial charge in [-0.3, -0.25) is 9.59 Å². The van der Waals surface area contributed by atoms with Crippen molar-refractivity contribution >= 4 is 17.4 Å². The van der Waals surface area contributed by atoms with Gasteiger partial charge in [-0.15, -0.1) is 0 Å². The van der Waals surface area contributed by atoms with Gasteiger partial charge in [-0.25, -0.2) is 0 Å². The van der Waals surface area contributed by atoms with Gasteiger partial charge in [0.1, 0.15) is 6.17 Å². The summed E-state index contributed by atoms with van der Waals surface area (Å²) < 4.78 is 2.17. The highest BCUT2D eigenvalue weighted by Crippen LogP contribution is 2.42. The second-order valence-corrected chi connectivity index (χ2v) is 8.30. The number of fused-ring (bicyclic) bond motifs is 1. The summed E-state index contributed by atoms with van der Waals surface area (Å²) in [5.74, 6) is 0.149. The van der Waals surface area contributed by atoms with Crippen LogP contribution in [0.5, 0.6) is 0 Å². The third kappa shape index (κ3) is 2.93. The van der Waals surface area contributed by atoms with E-state index in [4.69, 9.17) is 0 Å². The Morgan fingerprint density at radius 1 is 1.03 bits per heavy atom. The molecule has 1 amide bonds. The number of aromatic nitrogens is 1. The van der Waals surface area contributed by atoms with E-state index >= 15 is 0 Å². The number of rotatable bonds is 4. The number of nitrogens with zero attached hydrogens (tertiary/aromatic N) is 2. The predicted octanol–water partition coefficient (Wildman–Crippen LogP) is 5.03. The molecule has 152 valence electrons. The quantitative estimate of drug-likeness (QED) is 0.627. The number of carbonyl (C=O) groups is 2. The van der Waals surface area contributed by atoms with Crippen LogP contribution in [0.25, 0.3) is 5.69 Å². The lowest BCUT2D eigenvalue weighted by Crippen LogP contribution is -2.44. The van der Waals surface area contributed by atoms with Gasteiger partial charge >= 0.3 is 0 Å². The van der Waals surface area contributed by atoms with Crippen molar-refractivity contribution in [2.45, 2.75) is 45.8 Å². The number of para-hydroxylation sites is 1. The van der Waals surface area contributed by atoms with Crippen molar-refractivity contribution in [3.8, 4) is 5.69 Å². The average Bonchev–Trinajstić information content (AvgIpc) is 3.52. The Balaban J connectivity index is 1.61. The molecule has 1 saturated carbocycles. The number of nitrogens with one attached hydrogen (secondary N) is 1. The molecule has 30 heavy (non-hydrogen) atoms. The molecule has 1 fully saturated rings. The first kappa shape index (κ1) is 18.7. The largest absolute Gasteiger partial charge is 0.361 e. The smallest absolute Gasteiger partial charge is 0.258 e. The van der Waals surface area contributed by atoms with Gasteiger partial charge in [0.2, 0.25) is 0 Å². The number of aryl methyl sites for hydroxylation is 1. The minimum absolute atomic E-state index is 0.0515. The Bertz CT molecular complexity index is 1170. The number of benzene rings is 2. The Kier molecular flexibility index (Phi) is 4.28. The zero-order chi connectivity index (χ0) is 21.0. The summed E-state index contributed by atoms with van der Waals surface area (Å²) in [7, 11) is 0. The van der Waals surface area contributed by atoms with Gasteiger partial charge in [0.15, 0.2) is 5.78 Å². The fourth-order valence-corrected chi connectivity index (χ4v) is 4.55. The maximum Gasteiger partial charge on any atom is 0.258 e. The average molecular weight is 399 g/mol. The van der Waals surface area contributed by atoms with E-state index in [0.717, 1.165) is 46.7 Å². The van der Waals surface area contributed by atoms with Crippen LogP contribution >= 0.6 is 0 Å². The molecule has 1 N–H and O–H groups in total. The fourth-order valence-electron chi connectivity index (χ4n) is 4.55. The summed E-state index contributed by atoms with van der Waals surface area (Å²) in [4.78, 5) is 27.2. The summed E-state index contributed by atoms with van der Waals surface area (Å²) in [5, 5.41) is 3.62. The van der Waals surface area contributed by atoms with Crippen LogP contribution in [-0.4, -0.2) is 27.2 Å². The van der Waals surface area contributed by atoms with E-state index in [1.54, 1.807) is 6.92 Å². The van der Waals surface area contributed by atoms with Gasteiger partial charge < -0.3 is 14.8 Å². The minimum Gasteiger partial charge on any atom is -0.361 e. The summed E-state index contributed by atoms with van der Waals surface area (Å²) in [5.41, 5.74) is 6.52. The molecule has 0 unspecified atom stereocenters. The first-order valence-electron chi connectivity index (χ1n) is 10.4. The number of anilines is 1. The van der Waals surface area contributed by atoms with Gasteiger partial charge in [-0.2, -0.15) is 0 Å². The number of Topliss-reactive ketones (excluding diaryl/α,β-unsaturated/α-hetero) is 1. The van der Waals surface area contributed by atoms with Gasteiger partial charge in [-0.1, -0.05) is 24.3 Å². The molecule has 0 saturated heterocycles. The lowest BCUT2D eigenvalue weighted by atomic mass is 10.0. The molecule has 2 aliphatic rings. The number of ketones is 1. The van der Waals surface area contributed by atoms with Crippen LogP contribution in [0.4, 0.5) is 5.69 Å². The molecule has 1 aliphatic heterocycles. The molecule has 3 aromatic rings. The van der Waals surface area contributed by atoms with Crippen molar-refractivity contribution in [3.05, 3.63) is 82.7 Å². The first-order chi connectivity index (χ1) is 14.5. The van der Waals surface area contributed by atoms with E-state index in [-0.39, 0.29) is 23.9 Å². The van der Waals surface area contributed by atoms with Crippen molar-refractivity contribution in [3.63, 3.8) is 0 Å². The van der Waals surface area contributed by atoms with Crippen molar-refractivity contribution in [2.24, 2.45) is 0 Å². The predicted molar refractivity (Wildman–Crippen MR) is 117 cm³/mol. The number of carbonyl (C=O) groups excluding carboxylic acids is 2. The molecule has 5 heteroatoms. The van der Waals surface area contributed by atoms with Crippen molar-refractivity contribution in [1.29, 1.82) is 0 Å². The molecule has 1 atom stereocenters. The number of hydrogen-bond donors (Lipinski definition) is 1. The van der Waals surface area contributed by atoms with Crippen molar-refractivity contribution < 1.29 is 9.59 Å². The number of amides is 1. The highest BCUT2D eigenvalue weighted by Gasteiger charge is 2.43. The van der Waals surface area contributed by atoms with Crippen LogP contribution in [0.3, 0.4) is 0 Å². The molecular formula is C25H25N3O2. The summed E-state index contributed by atoms with van der Waals surface area (Å²) >= 11 is 0. The van der Waals surface area contributed by atoms with Crippen LogP contribution in [0.1, 0.15) is 63.6 Å². The Morgan fingerprint density at radius 3 is 2.53 bits per heavy atom. The number of hydrogen-bond acceptors (Lipinski definition) is 3. The second kappa shape index (κ2) is 6.87. The van der Waals surface area contributed by atoms with Crippen LogP contribution in [-0.2, 0) is 0 Å². The molecule has 2 heterocycles. The van der Waals surface area contributed by atoms with Crippen LogP contribution in [0.2, 0.25) is 0 Å². The maximum atomic E-state index is 13.3. The van der Waals surface area contributed by atoms with E-state index in [1.807, 2.05) is 53.4 Å². The SMILES string of the molecule is CC(=O)c1cccc(-n2c(C)cc([C@H]3Nc4ccccc4C(=O)N3C3CC3)c2C)c1. The molecule has 5 nitrogen and oxygen atoms in total. The zero-order valence-corrected chi connectivity index (χ0v) is 17.5. The molecule has 0 spiro atoms. The first-order valence-corrected chi connectivity index (χ1v) is 10.4. The molecule has 5 rings (SSSR count). The minimum atomic E-state index is -0.198. The normalized spacial score (nSPS) is 18.2. The van der Waals surface area contributed by atoms with Crippen LogP contribution in [0, 0.1) is 13.8 Å². The van der Waals surface area contributed by atoms with Crippen molar-refractivity contribution in [1.82, 2.24) is 9.47 Å². The molecular weight excluding hydrogens is 374 g/mol. The van der Waals surface area contributed by atoms with E-state index < -0.39 is 0 Å². The summed E-state index contributed by atoms with van der Waals surface area (Å²) in [6.45, 7) is 5.74. The third-order valence-electron chi connectivity index (χ3n) is 6.18. The lowest BCUT2D eigenvalue weighted by Gasteiger charge is -2.38. The molecule has 0 radical (unpaired) electrons. The lowest BCUT2D eigenvalue weighted by molar-refractivity contribution is 0.0666. The zero-order valence-electron chi connectivity index (χ0n) is 17.5. The fraction of sp³-hybridized carbons (Fsp3) is 0.280. The van der Waals surface area contributed by atoms with E-state index in [1.165, 1.54) is 0 Å². The standard InChI is InChI=1S/C25H25N3O2/c1-15-13-22(16(2)27(15)20-8-6-7-18(14-20)17(3)29)24-26-23-10-5-4-9-21(23)25(30)28(24)19-11-12-19/h4-10,13-14,19,24,26H,11-12H2,1-3H3/t24-/m0/s1. The summed E-state index contributed by atoms with van der Waals surface area (Å²) in [6.07, 6.45) is 1.90. The van der Waals surface area contributed by atoms with Gasteiger partial charge in [-0.05, 0) is 63.9 Å². The Labute approximate surface area is 176 Å². The maximum absolute atomic E-state index is 13.3. The molecule has 1 aliphatic carbocycles. The highest BCUT2D eigenvalue weighted by atomic mass is 16.2. The monoisotopic (exact) mass is 399 g/mol. The third-order valence-corrected chi connectivity index (χ3v) is 6.18. The van der Waals surface area contributed by atoms with Gasteiger partial charge in [0.05, 0.1) is 5.56 Å². The second-order valence-electron chi connectivity index (χ2n) is 8.30. The molecule has 0 bridgehead atoms. The molecule has 1 aromatic heterocycles.